The summed E-state index contributed by atoms with van der Waals surface area (Å²) in [5, 5.41) is 11.8. The monoisotopic (exact) mass is 465 g/mol. The molecule has 174 valence electrons. The third-order valence-electron chi connectivity index (χ3n) is 4.28. The van der Waals surface area contributed by atoms with Crippen LogP contribution in [0.2, 0.25) is 0 Å². The summed E-state index contributed by atoms with van der Waals surface area (Å²) in [5.74, 6) is -0.773. The Hall–Kier alpha value is -3.11. The van der Waals surface area contributed by atoms with Gasteiger partial charge in [-0.3, -0.25) is 5.32 Å². The fourth-order valence-corrected chi connectivity index (χ4v) is 3.30. The van der Waals surface area contributed by atoms with E-state index in [9.17, 15) is 18.0 Å². The highest BCUT2D eigenvalue weighted by molar-refractivity contribution is 7.86. The number of benzene rings is 2. The number of hydrogen-bond acceptors (Lipinski definition) is 7. The topological polar surface area (TPSA) is 128 Å². The molecule has 0 aliphatic heterocycles. The number of nitrogens with one attached hydrogen (secondary N) is 1. The second-order valence-electron chi connectivity index (χ2n) is 6.98. The minimum Gasteiger partial charge on any atom is -0.479 e. The number of carbonyl (C=O) groups is 2. The van der Waals surface area contributed by atoms with Crippen LogP contribution in [0, 0.1) is 0 Å². The summed E-state index contributed by atoms with van der Waals surface area (Å²) < 4.78 is 37.3. The van der Waals surface area contributed by atoms with Crippen molar-refractivity contribution in [2.24, 2.45) is 0 Å². The lowest BCUT2D eigenvalue weighted by atomic mass is 10.1. The quantitative estimate of drug-likeness (QED) is 0.361. The van der Waals surface area contributed by atoms with Crippen molar-refractivity contribution in [1.82, 2.24) is 0 Å². The van der Waals surface area contributed by atoms with Gasteiger partial charge < -0.3 is 18.8 Å². The molecule has 10 heteroatoms. The third-order valence-corrected chi connectivity index (χ3v) is 4.77. The molecule has 0 aliphatic carbocycles. The molecule has 0 fully saturated rings. The summed E-state index contributed by atoms with van der Waals surface area (Å²) in [6.07, 6.45) is 0.947. The first-order chi connectivity index (χ1) is 15.2. The van der Waals surface area contributed by atoms with Crippen molar-refractivity contribution in [1.29, 1.82) is 0 Å². The van der Waals surface area contributed by atoms with Crippen molar-refractivity contribution in [3.63, 3.8) is 0 Å². The maximum Gasteiger partial charge on any atom is 0.411 e. The van der Waals surface area contributed by atoms with Gasteiger partial charge in [0.2, 0.25) is 0 Å². The number of anilines is 1. The highest BCUT2D eigenvalue weighted by Crippen LogP contribution is 2.16. The van der Waals surface area contributed by atoms with Gasteiger partial charge in [-0.05, 0) is 55.2 Å². The van der Waals surface area contributed by atoms with Crippen molar-refractivity contribution in [2.75, 3.05) is 24.8 Å². The van der Waals surface area contributed by atoms with E-state index >= 15 is 0 Å². The van der Waals surface area contributed by atoms with Gasteiger partial charge in [0.15, 0.2) is 6.10 Å². The number of carboxylic acid groups (broad SMARTS) is 1. The average Bonchev–Trinajstić information content (AvgIpc) is 2.72. The molecule has 1 unspecified atom stereocenters. The number of carbonyl (C=O) groups excluding carboxylic acids is 1. The van der Waals surface area contributed by atoms with Gasteiger partial charge in [-0.15, -0.1) is 0 Å². The summed E-state index contributed by atoms with van der Waals surface area (Å²) in [4.78, 5) is 23.1. The smallest absolute Gasteiger partial charge is 0.411 e. The van der Waals surface area contributed by atoms with Gasteiger partial charge in [-0.1, -0.05) is 24.3 Å². The Balaban J connectivity index is 1.72. The molecule has 0 heterocycles. The van der Waals surface area contributed by atoms with Crippen LogP contribution < -0.4 is 9.50 Å². The molecule has 1 atom stereocenters. The van der Waals surface area contributed by atoms with Crippen LogP contribution in [0.25, 0.3) is 0 Å². The first-order valence-electron chi connectivity index (χ1n) is 10.0. The van der Waals surface area contributed by atoms with E-state index in [0.29, 0.717) is 25.1 Å². The first-order valence-corrected chi connectivity index (χ1v) is 11.8. The predicted octanol–water partition coefficient (Wildman–Crippen LogP) is 3.24. The van der Waals surface area contributed by atoms with Crippen LogP contribution in [-0.4, -0.2) is 51.2 Å². The van der Waals surface area contributed by atoms with E-state index < -0.39 is 28.3 Å². The third kappa shape index (κ3) is 9.36. The number of rotatable bonds is 12. The van der Waals surface area contributed by atoms with Gasteiger partial charge in [0.1, 0.15) is 5.75 Å². The second kappa shape index (κ2) is 12.1. The van der Waals surface area contributed by atoms with E-state index in [1.807, 2.05) is 0 Å². The first kappa shape index (κ1) is 25.2. The second-order valence-corrected chi connectivity index (χ2v) is 8.55. The fourth-order valence-electron chi connectivity index (χ4n) is 2.84. The van der Waals surface area contributed by atoms with Crippen molar-refractivity contribution in [2.45, 2.75) is 32.3 Å². The largest absolute Gasteiger partial charge is 0.479 e. The Morgan fingerprint density at radius 2 is 1.66 bits per heavy atom. The molecular weight excluding hydrogens is 438 g/mol. The zero-order valence-electron chi connectivity index (χ0n) is 17.9. The van der Waals surface area contributed by atoms with E-state index in [2.05, 4.69) is 5.32 Å². The fraction of sp³-hybridized carbons (Fsp3) is 0.364. The van der Waals surface area contributed by atoms with Crippen LogP contribution >= 0.6 is 0 Å². The number of amides is 1. The normalized spacial score (nSPS) is 12.1. The van der Waals surface area contributed by atoms with Crippen LogP contribution in [0.15, 0.2) is 48.5 Å². The summed E-state index contributed by atoms with van der Waals surface area (Å²) in [7, 11) is -3.55. The Bertz CT molecular complexity index is 988. The molecule has 2 aromatic rings. The Labute approximate surface area is 187 Å². The number of carboxylic acids is 1. The highest BCUT2D eigenvalue weighted by atomic mass is 32.2. The standard InChI is InChI=1S/C22H27NO8S/c1-3-29-20(21(24)25)15-17-6-10-18(11-7-17)23-22(26)30-14-4-5-16-8-12-19(13-9-16)31-32(2,27)28/h6-13,20H,3-5,14-15H2,1-2H3,(H,23,26)(H,24,25). The van der Waals surface area contributed by atoms with Crippen LogP contribution in [0.1, 0.15) is 24.5 Å². The molecule has 2 aromatic carbocycles. The number of aliphatic carboxylic acids is 1. The molecule has 1 amide bonds. The van der Waals surface area contributed by atoms with Gasteiger partial charge >= 0.3 is 22.2 Å². The molecule has 32 heavy (non-hydrogen) atoms. The molecule has 0 saturated carbocycles. The van der Waals surface area contributed by atoms with Gasteiger partial charge in [0.05, 0.1) is 12.9 Å². The molecule has 0 aliphatic rings. The lowest BCUT2D eigenvalue weighted by molar-refractivity contribution is -0.149. The zero-order chi connectivity index (χ0) is 23.6. The lowest BCUT2D eigenvalue weighted by Crippen LogP contribution is -2.26. The SMILES string of the molecule is CCOC(Cc1ccc(NC(=O)OCCCc2ccc(OS(C)(=O)=O)cc2)cc1)C(=O)O. The maximum atomic E-state index is 11.9. The Kier molecular flexibility index (Phi) is 9.48. The molecule has 0 saturated heterocycles. The summed E-state index contributed by atoms with van der Waals surface area (Å²) >= 11 is 0. The van der Waals surface area contributed by atoms with Crippen molar-refractivity contribution in [3.05, 3.63) is 59.7 Å². The van der Waals surface area contributed by atoms with Gasteiger partial charge in [0, 0.05) is 18.7 Å². The predicted molar refractivity (Wildman–Crippen MR) is 118 cm³/mol. The van der Waals surface area contributed by atoms with Crippen LogP contribution in [0.3, 0.4) is 0 Å². The highest BCUT2D eigenvalue weighted by Gasteiger charge is 2.17. The summed E-state index contributed by atoms with van der Waals surface area (Å²) in [6.45, 7) is 2.26. The number of ether oxygens (including phenoxy) is 2. The number of hydrogen-bond donors (Lipinski definition) is 2. The molecular formula is C22H27NO8S. The molecule has 0 aromatic heterocycles. The molecule has 0 bridgehead atoms. The molecule has 0 radical (unpaired) electrons. The Morgan fingerprint density at radius 3 is 2.22 bits per heavy atom. The van der Waals surface area contributed by atoms with Gasteiger partial charge in [-0.2, -0.15) is 8.42 Å². The van der Waals surface area contributed by atoms with Crippen molar-refractivity contribution >= 4 is 27.9 Å². The number of aryl methyl sites for hydroxylation is 1. The van der Waals surface area contributed by atoms with Crippen molar-refractivity contribution < 1.29 is 36.8 Å². The van der Waals surface area contributed by atoms with Crippen LogP contribution in [-0.2, 0) is 37.2 Å². The molecule has 2 N–H and O–H groups in total. The van der Waals surface area contributed by atoms with Crippen molar-refractivity contribution in [3.8, 4) is 5.75 Å². The molecule has 2 rings (SSSR count). The van der Waals surface area contributed by atoms with E-state index in [4.69, 9.17) is 18.8 Å². The van der Waals surface area contributed by atoms with Crippen LogP contribution in [0.5, 0.6) is 5.75 Å². The minimum absolute atomic E-state index is 0.208. The van der Waals surface area contributed by atoms with E-state index in [1.165, 1.54) is 0 Å². The van der Waals surface area contributed by atoms with E-state index in [1.54, 1.807) is 55.5 Å². The molecule has 9 nitrogen and oxygen atoms in total. The summed E-state index contributed by atoms with van der Waals surface area (Å²) in [6, 6.07) is 13.4. The average molecular weight is 466 g/mol. The Morgan fingerprint density at radius 1 is 1.03 bits per heavy atom. The van der Waals surface area contributed by atoms with E-state index in [-0.39, 0.29) is 18.8 Å². The minimum atomic E-state index is -3.55. The van der Waals surface area contributed by atoms with Crippen LogP contribution in [0.4, 0.5) is 10.5 Å². The van der Waals surface area contributed by atoms with E-state index in [0.717, 1.165) is 17.4 Å². The van der Waals surface area contributed by atoms with Gasteiger partial charge in [-0.25, -0.2) is 9.59 Å². The van der Waals surface area contributed by atoms with Gasteiger partial charge in [0.25, 0.3) is 0 Å². The summed E-state index contributed by atoms with van der Waals surface area (Å²) in [5.41, 5.74) is 2.26. The zero-order valence-corrected chi connectivity index (χ0v) is 18.8. The maximum absolute atomic E-state index is 11.9. The molecule has 0 spiro atoms. The lowest BCUT2D eigenvalue weighted by Gasteiger charge is -2.13.